The topological polar surface area (TPSA) is 12.0 Å². The third kappa shape index (κ3) is 3.47. The number of rotatable bonds is 4. The van der Waals surface area contributed by atoms with Crippen LogP contribution in [0, 0.1) is 5.82 Å². The third-order valence-corrected chi connectivity index (χ3v) is 6.85. The van der Waals surface area contributed by atoms with E-state index in [2.05, 4.69) is 28.8 Å². The molecule has 1 atom stereocenters. The number of nitrogens with one attached hydrogen (secondary N) is 1. The first kappa shape index (κ1) is 13.8. The zero-order valence-electron chi connectivity index (χ0n) is 11.0. The molecule has 1 saturated heterocycles. The summed E-state index contributed by atoms with van der Waals surface area (Å²) in [7, 11) is 0. The standard InChI is InChI=1S/C15H20FNS2/c16-15-4-2-1-3-14(15)11-7-12(8-11)17-9-13-10-18-5-6-19-13/h1-4,11-13,17H,5-10H2. The fourth-order valence-corrected chi connectivity index (χ4v) is 5.42. The Labute approximate surface area is 123 Å². The van der Waals surface area contributed by atoms with Gasteiger partial charge in [-0.1, -0.05) is 18.2 Å². The summed E-state index contributed by atoms with van der Waals surface area (Å²) in [5.41, 5.74) is 0.906. The summed E-state index contributed by atoms with van der Waals surface area (Å²) < 4.78 is 13.6. The summed E-state index contributed by atoms with van der Waals surface area (Å²) in [5, 5.41) is 4.42. The van der Waals surface area contributed by atoms with Gasteiger partial charge in [0.1, 0.15) is 5.82 Å². The van der Waals surface area contributed by atoms with Crippen LogP contribution >= 0.6 is 23.5 Å². The smallest absolute Gasteiger partial charge is 0.126 e. The Morgan fingerprint density at radius 2 is 2.05 bits per heavy atom. The first-order valence-corrected chi connectivity index (χ1v) is 9.20. The lowest BCUT2D eigenvalue weighted by Gasteiger charge is -2.37. The monoisotopic (exact) mass is 297 g/mol. The molecule has 104 valence electrons. The predicted octanol–water partition coefficient (Wildman–Crippen LogP) is 3.51. The van der Waals surface area contributed by atoms with Gasteiger partial charge in [0.2, 0.25) is 0 Å². The molecule has 0 radical (unpaired) electrons. The number of hydrogen-bond donors (Lipinski definition) is 1. The van der Waals surface area contributed by atoms with Crippen LogP contribution in [0.25, 0.3) is 0 Å². The second kappa shape index (κ2) is 6.51. The van der Waals surface area contributed by atoms with Crippen molar-refractivity contribution in [2.75, 3.05) is 23.8 Å². The van der Waals surface area contributed by atoms with Crippen molar-refractivity contribution in [1.82, 2.24) is 5.32 Å². The van der Waals surface area contributed by atoms with E-state index in [4.69, 9.17) is 0 Å². The van der Waals surface area contributed by atoms with Crippen LogP contribution in [0.2, 0.25) is 0 Å². The van der Waals surface area contributed by atoms with Crippen LogP contribution in [-0.4, -0.2) is 35.1 Å². The van der Waals surface area contributed by atoms with Crippen molar-refractivity contribution in [2.45, 2.75) is 30.1 Å². The van der Waals surface area contributed by atoms with Crippen molar-refractivity contribution in [2.24, 2.45) is 0 Å². The molecule has 0 amide bonds. The average Bonchev–Trinajstić information content (AvgIpc) is 2.40. The van der Waals surface area contributed by atoms with E-state index in [1.54, 1.807) is 12.1 Å². The van der Waals surface area contributed by atoms with Crippen molar-refractivity contribution in [1.29, 1.82) is 0 Å². The van der Waals surface area contributed by atoms with Gasteiger partial charge >= 0.3 is 0 Å². The Bertz CT molecular complexity index is 414. The summed E-state index contributed by atoms with van der Waals surface area (Å²) >= 11 is 4.17. The molecule has 0 bridgehead atoms. The molecule has 1 heterocycles. The number of hydrogen-bond acceptors (Lipinski definition) is 3. The van der Waals surface area contributed by atoms with Gasteiger partial charge in [0, 0.05) is 35.1 Å². The van der Waals surface area contributed by atoms with Gasteiger partial charge in [-0.05, 0) is 30.4 Å². The molecule has 1 aliphatic heterocycles. The van der Waals surface area contributed by atoms with Gasteiger partial charge in [0.05, 0.1) is 0 Å². The Morgan fingerprint density at radius 3 is 2.79 bits per heavy atom. The Hall–Kier alpha value is -0.190. The van der Waals surface area contributed by atoms with Crippen LogP contribution in [-0.2, 0) is 0 Å². The largest absolute Gasteiger partial charge is 0.313 e. The van der Waals surface area contributed by atoms with Crippen molar-refractivity contribution < 1.29 is 4.39 Å². The number of halogens is 1. The van der Waals surface area contributed by atoms with Gasteiger partial charge in [0.15, 0.2) is 0 Å². The van der Waals surface area contributed by atoms with E-state index < -0.39 is 0 Å². The van der Waals surface area contributed by atoms with Gasteiger partial charge in [-0.15, -0.1) is 0 Å². The Kier molecular flexibility index (Phi) is 4.72. The van der Waals surface area contributed by atoms with Crippen LogP contribution in [0.3, 0.4) is 0 Å². The molecule has 19 heavy (non-hydrogen) atoms. The first-order chi connectivity index (χ1) is 9.33. The first-order valence-electron chi connectivity index (χ1n) is 7.00. The Morgan fingerprint density at radius 1 is 1.21 bits per heavy atom. The second-order valence-electron chi connectivity index (χ2n) is 5.36. The third-order valence-electron chi connectivity index (χ3n) is 4.00. The van der Waals surface area contributed by atoms with Gasteiger partial charge < -0.3 is 5.32 Å². The van der Waals surface area contributed by atoms with E-state index >= 15 is 0 Å². The quantitative estimate of drug-likeness (QED) is 0.913. The molecule has 1 aliphatic carbocycles. The second-order valence-corrected chi connectivity index (χ2v) is 7.92. The highest BCUT2D eigenvalue weighted by molar-refractivity contribution is 8.06. The van der Waals surface area contributed by atoms with E-state index in [9.17, 15) is 4.39 Å². The molecule has 2 fully saturated rings. The number of benzene rings is 1. The van der Waals surface area contributed by atoms with Crippen LogP contribution in [0.5, 0.6) is 0 Å². The van der Waals surface area contributed by atoms with E-state index in [0.717, 1.165) is 30.2 Å². The van der Waals surface area contributed by atoms with Crippen LogP contribution in [0.15, 0.2) is 24.3 Å². The predicted molar refractivity (Wildman–Crippen MR) is 83.7 cm³/mol. The van der Waals surface area contributed by atoms with Gasteiger partial charge in [-0.3, -0.25) is 0 Å². The summed E-state index contributed by atoms with van der Waals surface area (Å²) in [4.78, 5) is 0. The zero-order chi connectivity index (χ0) is 13.1. The summed E-state index contributed by atoms with van der Waals surface area (Å²) in [6.07, 6.45) is 2.18. The van der Waals surface area contributed by atoms with Crippen molar-refractivity contribution >= 4 is 23.5 Å². The van der Waals surface area contributed by atoms with Crippen LogP contribution in [0.4, 0.5) is 4.39 Å². The molecule has 1 N–H and O–H groups in total. The summed E-state index contributed by atoms with van der Waals surface area (Å²) in [6.45, 7) is 1.12. The lowest BCUT2D eigenvalue weighted by atomic mass is 9.75. The molecule has 1 aromatic rings. The molecule has 0 spiro atoms. The SMILES string of the molecule is Fc1ccccc1C1CC(NCC2CSCCS2)C1. The molecule has 0 aromatic heterocycles. The van der Waals surface area contributed by atoms with E-state index in [1.165, 1.54) is 17.3 Å². The molecule has 3 rings (SSSR count). The highest BCUT2D eigenvalue weighted by Crippen LogP contribution is 2.38. The maximum atomic E-state index is 13.6. The minimum atomic E-state index is -0.0369. The zero-order valence-corrected chi connectivity index (χ0v) is 12.6. The van der Waals surface area contributed by atoms with Crippen molar-refractivity contribution in [3.63, 3.8) is 0 Å². The van der Waals surface area contributed by atoms with Crippen LogP contribution in [0.1, 0.15) is 24.3 Å². The summed E-state index contributed by atoms with van der Waals surface area (Å²) in [5.74, 6) is 4.26. The average molecular weight is 297 g/mol. The molecule has 1 aromatic carbocycles. The lowest BCUT2D eigenvalue weighted by Crippen LogP contribution is -2.43. The Balaban J connectivity index is 1.42. The van der Waals surface area contributed by atoms with E-state index in [-0.39, 0.29) is 5.82 Å². The normalized spacial score (nSPS) is 30.9. The van der Waals surface area contributed by atoms with Gasteiger partial charge in [0.25, 0.3) is 0 Å². The maximum Gasteiger partial charge on any atom is 0.126 e. The minimum Gasteiger partial charge on any atom is -0.313 e. The van der Waals surface area contributed by atoms with Crippen molar-refractivity contribution in [3.05, 3.63) is 35.6 Å². The molecular weight excluding hydrogens is 277 g/mol. The van der Waals surface area contributed by atoms with Gasteiger partial charge in [-0.2, -0.15) is 23.5 Å². The highest BCUT2D eigenvalue weighted by Gasteiger charge is 2.32. The van der Waals surface area contributed by atoms with E-state index in [1.807, 2.05) is 12.1 Å². The molecular formula is C15H20FNS2. The highest BCUT2D eigenvalue weighted by atomic mass is 32.2. The lowest BCUT2D eigenvalue weighted by molar-refractivity contribution is 0.287. The summed E-state index contributed by atoms with van der Waals surface area (Å²) in [6, 6.07) is 7.81. The maximum absolute atomic E-state index is 13.6. The fraction of sp³-hybridized carbons (Fsp3) is 0.600. The van der Waals surface area contributed by atoms with E-state index in [0.29, 0.717) is 12.0 Å². The van der Waals surface area contributed by atoms with Gasteiger partial charge in [-0.25, -0.2) is 4.39 Å². The minimum absolute atomic E-state index is 0.0369. The van der Waals surface area contributed by atoms with Crippen molar-refractivity contribution in [3.8, 4) is 0 Å². The fourth-order valence-electron chi connectivity index (χ4n) is 2.80. The molecule has 1 unspecified atom stereocenters. The van der Waals surface area contributed by atoms with Crippen LogP contribution < -0.4 is 5.32 Å². The number of thioether (sulfide) groups is 2. The molecule has 1 nitrogen and oxygen atoms in total. The molecule has 1 saturated carbocycles. The molecule has 4 heteroatoms. The molecule has 2 aliphatic rings.